The summed E-state index contributed by atoms with van der Waals surface area (Å²) < 4.78 is 7.24. The van der Waals surface area contributed by atoms with Gasteiger partial charge in [-0.3, -0.25) is 14.4 Å². The molecular formula is C18H28N6O2. The number of amides is 1. The summed E-state index contributed by atoms with van der Waals surface area (Å²) in [4.78, 5) is 21.7. The molecule has 8 heteroatoms. The lowest BCUT2D eigenvalue weighted by molar-refractivity contribution is 0.0708. The molecule has 2 aromatic heterocycles. The van der Waals surface area contributed by atoms with Gasteiger partial charge in [0.05, 0.1) is 11.8 Å². The van der Waals surface area contributed by atoms with Crippen LogP contribution < -0.4 is 0 Å². The number of carbonyl (C=O) groups excluding carboxylic acids is 1. The Bertz CT molecular complexity index is 738. The van der Waals surface area contributed by atoms with Crippen molar-refractivity contribution >= 4 is 5.91 Å². The van der Waals surface area contributed by atoms with E-state index in [4.69, 9.17) is 4.52 Å². The molecule has 0 aromatic carbocycles. The van der Waals surface area contributed by atoms with Crippen LogP contribution in [0.1, 0.15) is 55.3 Å². The maximum Gasteiger partial charge on any atom is 0.257 e. The SMILES string of the molecule is CCn1cc(C(=O)N2CCCN(CC(C)C)[C@H](c3nc(C)no3)C2)cn1. The molecule has 1 aliphatic rings. The minimum atomic E-state index is -0.0775. The zero-order valence-corrected chi connectivity index (χ0v) is 16.1. The minimum absolute atomic E-state index is 0.0114. The summed E-state index contributed by atoms with van der Waals surface area (Å²) in [6.07, 6.45) is 4.38. The Hall–Kier alpha value is -2.22. The molecule has 1 atom stereocenters. The summed E-state index contributed by atoms with van der Waals surface area (Å²) in [5.41, 5.74) is 0.629. The van der Waals surface area contributed by atoms with Gasteiger partial charge in [-0.1, -0.05) is 19.0 Å². The minimum Gasteiger partial charge on any atom is -0.338 e. The van der Waals surface area contributed by atoms with E-state index in [-0.39, 0.29) is 11.9 Å². The molecule has 0 saturated carbocycles. The van der Waals surface area contributed by atoms with Gasteiger partial charge in [0.25, 0.3) is 5.91 Å². The zero-order valence-electron chi connectivity index (χ0n) is 16.1. The van der Waals surface area contributed by atoms with Crippen LogP contribution in [0.25, 0.3) is 0 Å². The van der Waals surface area contributed by atoms with Gasteiger partial charge in [0.2, 0.25) is 5.89 Å². The molecule has 3 rings (SSSR count). The first-order chi connectivity index (χ1) is 12.5. The van der Waals surface area contributed by atoms with Gasteiger partial charge in [0.1, 0.15) is 6.04 Å². The van der Waals surface area contributed by atoms with E-state index in [1.165, 1.54) is 0 Å². The Kier molecular flexibility index (Phi) is 5.70. The van der Waals surface area contributed by atoms with Crippen LogP contribution >= 0.6 is 0 Å². The van der Waals surface area contributed by atoms with E-state index in [9.17, 15) is 4.79 Å². The number of rotatable bonds is 5. The van der Waals surface area contributed by atoms with Gasteiger partial charge in [0.15, 0.2) is 5.82 Å². The molecule has 0 spiro atoms. The Morgan fingerprint density at radius 2 is 2.19 bits per heavy atom. The molecule has 0 radical (unpaired) electrons. The van der Waals surface area contributed by atoms with Crippen molar-refractivity contribution in [2.45, 2.75) is 46.7 Å². The third kappa shape index (κ3) is 4.12. The number of hydrogen-bond donors (Lipinski definition) is 0. The molecule has 1 aliphatic heterocycles. The van der Waals surface area contributed by atoms with Crippen molar-refractivity contribution in [3.63, 3.8) is 0 Å². The highest BCUT2D eigenvalue weighted by atomic mass is 16.5. The molecule has 26 heavy (non-hydrogen) atoms. The van der Waals surface area contributed by atoms with Crippen molar-refractivity contribution in [3.05, 3.63) is 29.7 Å². The first-order valence-corrected chi connectivity index (χ1v) is 9.34. The number of nitrogens with zero attached hydrogens (tertiary/aromatic N) is 6. The van der Waals surface area contributed by atoms with Crippen molar-refractivity contribution in [1.29, 1.82) is 0 Å². The van der Waals surface area contributed by atoms with Gasteiger partial charge >= 0.3 is 0 Å². The normalized spacial score (nSPS) is 19.1. The molecular weight excluding hydrogens is 332 g/mol. The third-order valence-corrected chi connectivity index (χ3v) is 4.63. The topological polar surface area (TPSA) is 80.3 Å². The number of aromatic nitrogens is 4. The molecule has 8 nitrogen and oxygen atoms in total. The molecule has 0 aliphatic carbocycles. The predicted molar refractivity (Wildman–Crippen MR) is 96.6 cm³/mol. The van der Waals surface area contributed by atoms with E-state index in [2.05, 4.69) is 34.0 Å². The Balaban J connectivity index is 1.83. The smallest absolute Gasteiger partial charge is 0.257 e. The van der Waals surface area contributed by atoms with Gasteiger partial charge in [-0.05, 0) is 26.2 Å². The summed E-state index contributed by atoms with van der Waals surface area (Å²) in [5, 5.41) is 8.18. The van der Waals surface area contributed by atoms with E-state index in [0.29, 0.717) is 36.3 Å². The van der Waals surface area contributed by atoms with Crippen LogP contribution in [0.2, 0.25) is 0 Å². The number of hydrogen-bond acceptors (Lipinski definition) is 6. The van der Waals surface area contributed by atoms with E-state index in [0.717, 1.165) is 26.1 Å². The monoisotopic (exact) mass is 360 g/mol. The van der Waals surface area contributed by atoms with Crippen LogP contribution in [0.3, 0.4) is 0 Å². The Morgan fingerprint density at radius 1 is 1.38 bits per heavy atom. The van der Waals surface area contributed by atoms with Crippen molar-refractivity contribution in [3.8, 4) is 0 Å². The first kappa shape index (κ1) is 18.6. The molecule has 1 amide bonds. The lowest BCUT2D eigenvalue weighted by Gasteiger charge is -2.30. The molecule has 0 unspecified atom stereocenters. The third-order valence-electron chi connectivity index (χ3n) is 4.63. The second-order valence-electron chi connectivity index (χ2n) is 7.27. The van der Waals surface area contributed by atoms with E-state index >= 15 is 0 Å². The largest absolute Gasteiger partial charge is 0.338 e. The summed E-state index contributed by atoms with van der Waals surface area (Å²) in [6.45, 7) is 12.1. The summed E-state index contributed by atoms with van der Waals surface area (Å²) in [7, 11) is 0. The van der Waals surface area contributed by atoms with Gasteiger partial charge in [-0.2, -0.15) is 10.1 Å². The van der Waals surface area contributed by atoms with Crippen molar-refractivity contribution in [1.82, 2.24) is 29.7 Å². The maximum atomic E-state index is 13.0. The molecule has 1 saturated heterocycles. The predicted octanol–water partition coefficient (Wildman–Crippen LogP) is 2.14. The van der Waals surface area contributed by atoms with E-state index in [1.54, 1.807) is 10.9 Å². The van der Waals surface area contributed by atoms with Crippen LogP contribution in [0.15, 0.2) is 16.9 Å². The fourth-order valence-corrected chi connectivity index (χ4v) is 3.42. The Labute approximate surface area is 154 Å². The van der Waals surface area contributed by atoms with Gasteiger partial charge in [-0.15, -0.1) is 0 Å². The highest BCUT2D eigenvalue weighted by Gasteiger charge is 2.33. The molecule has 142 valence electrons. The quantitative estimate of drug-likeness (QED) is 0.813. The summed E-state index contributed by atoms with van der Waals surface area (Å²) in [5.74, 6) is 1.74. The van der Waals surface area contributed by atoms with Crippen LogP contribution in [-0.4, -0.2) is 61.8 Å². The van der Waals surface area contributed by atoms with E-state index < -0.39 is 0 Å². The average Bonchev–Trinajstić information content (AvgIpc) is 3.20. The molecule has 2 aromatic rings. The zero-order chi connectivity index (χ0) is 18.7. The number of aryl methyl sites for hydroxylation is 2. The molecule has 1 fully saturated rings. The first-order valence-electron chi connectivity index (χ1n) is 9.34. The average molecular weight is 360 g/mol. The van der Waals surface area contributed by atoms with Gasteiger partial charge in [-0.25, -0.2) is 0 Å². The molecule has 0 bridgehead atoms. The number of carbonyl (C=O) groups is 1. The van der Waals surface area contributed by atoms with Crippen LogP contribution in [0.4, 0.5) is 0 Å². The maximum absolute atomic E-state index is 13.0. The van der Waals surface area contributed by atoms with Gasteiger partial charge in [0, 0.05) is 38.9 Å². The highest BCUT2D eigenvalue weighted by Crippen LogP contribution is 2.26. The van der Waals surface area contributed by atoms with E-state index in [1.807, 2.05) is 24.9 Å². The molecule has 0 N–H and O–H groups in total. The summed E-state index contributed by atoms with van der Waals surface area (Å²) >= 11 is 0. The second kappa shape index (κ2) is 7.99. The molecule has 3 heterocycles. The second-order valence-corrected chi connectivity index (χ2v) is 7.27. The Morgan fingerprint density at radius 3 is 2.81 bits per heavy atom. The van der Waals surface area contributed by atoms with Crippen molar-refractivity contribution < 1.29 is 9.32 Å². The van der Waals surface area contributed by atoms with Crippen LogP contribution in [-0.2, 0) is 6.54 Å². The van der Waals surface area contributed by atoms with Gasteiger partial charge < -0.3 is 9.42 Å². The standard InChI is InChI=1S/C18H28N6O2/c1-5-24-11-15(9-19-24)18(25)23-8-6-7-22(10-13(2)3)16(12-23)17-20-14(4)21-26-17/h9,11,13,16H,5-8,10,12H2,1-4H3/t16-/m0/s1. The van der Waals surface area contributed by atoms with Crippen LogP contribution in [0, 0.1) is 12.8 Å². The summed E-state index contributed by atoms with van der Waals surface area (Å²) in [6, 6.07) is -0.0775. The lowest BCUT2D eigenvalue weighted by Crippen LogP contribution is -2.39. The highest BCUT2D eigenvalue weighted by molar-refractivity contribution is 5.93. The van der Waals surface area contributed by atoms with Crippen molar-refractivity contribution in [2.24, 2.45) is 5.92 Å². The van der Waals surface area contributed by atoms with Crippen molar-refractivity contribution in [2.75, 3.05) is 26.2 Å². The fourth-order valence-electron chi connectivity index (χ4n) is 3.42. The fraction of sp³-hybridized carbons (Fsp3) is 0.667. The van der Waals surface area contributed by atoms with Crippen LogP contribution in [0.5, 0.6) is 0 Å². The lowest BCUT2D eigenvalue weighted by atomic mass is 10.1.